The monoisotopic (exact) mass is 619 g/mol. The van der Waals surface area contributed by atoms with Gasteiger partial charge in [-0.15, -0.1) is 0 Å². The molecule has 1 N–H and O–H groups in total. The first kappa shape index (κ1) is 32.2. The average molecular weight is 621 g/mol. The summed E-state index contributed by atoms with van der Waals surface area (Å²) in [6, 6.07) is 18.2. The second-order valence-corrected chi connectivity index (χ2v) is 12.2. The number of halogens is 2. The molecule has 220 valence electrons. The minimum atomic E-state index is -4.18. The molecule has 0 aliphatic rings. The fraction of sp³-hybridized carbons (Fsp3) is 0.333. The topological polar surface area (TPSA) is 96.0 Å². The van der Waals surface area contributed by atoms with Gasteiger partial charge in [0.05, 0.1) is 17.7 Å². The summed E-state index contributed by atoms with van der Waals surface area (Å²) in [7, 11) is -2.70. The second kappa shape index (κ2) is 14.6. The van der Waals surface area contributed by atoms with Gasteiger partial charge in [0.25, 0.3) is 10.0 Å². The number of sulfonamides is 1. The normalized spacial score (nSPS) is 12.7. The molecule has 0 radical (unpaired) electrons. The molecule has 11 heteroatoms. The summed E-state index contributed by atoms with van der Waals surface area (Å²) in [5.41, 5.74) is 0.877. The highest BCUT2D eigenvalue weighted by Crippen LogP contribution is 2.27. The maximum absolute atomic E-state index is 14.1. The molecule has 0 bridgehead atoms. The Morgan fingerprint density at radius 1 is 0.951 bits per heavy atom. The summed E-state index contributed by atoms with van der Waals surface area (Å²) in [6.45, 7) is 5.06. The minimum Gasteiger partial charge on any atom is -0.497 e. The number of carbonyl (C=O) groups excluding carboxylic acids is 2. The second-order valence-electron chi connectivity index (χ2n) is 9.52. The standard InChI is InChI=1S/C30H35Cl2N3O5S/c1-5-21(3)33-30(37)28(6-2)34(19-22-12-13-23(31)18-27(22)32)29(36)20-35(24-10-8-7-9-11-24)41(38,39)26-16-14-25(40-4)15-17-26/h7-18,21,28H,5-6,19-20H2,1-4H3,(H,33,37)/t21-,28+/m1/s1. The van der Waals surface area contributed by atoms with Crippen molar-refractivity contribution in [3.8, 4) is 5.75 Å². The summed E-state index contributed by atoms with van der Waals surface area (Å²) in [4.78, 5) is 28.8. The molecule has 0 unspecified atom stereocenters. The number of methoxy groups -OCH3 is 1. The molecule has 2 amide bonds. The van der Waals surface area contributed by atoms with Crippen molar-refractivity contribution in [1.82, 2.24) is 10.2 Å². The average Bonchev–Trinajstić information content (AvgIpc) is 2.97. The molecule has 0 heterocycles. The lowest BCUT2D eigenvalue weighted by Gasteiger charge is -2.34. The molecule has 8 nitrogen and oxygen atoms in total. The zero-order valence-corrected chi connectivity index (χ0v) is 25.8. The van der Waals surface area contributed by atoms with Crippen LogP contribution in [0.1, 0.15) is 39.2 Å². The number of hydrogen-bond donors (Lipinski definition) is 1. The Hall–Kier alpha value is -3.27. The van der Waals surface area contributed by atoms with Crippen LogP contribution >= 0.6 is 23.2 Å². The number of rotatable bonds is 13. The van der Waals surface area contributed by atoms with Crippen molar-refractivity contribution in [2.75, 3.05) is 18.0 Å². The van der Waals surface area contributed by atoms with E-state index in [1.54, 1.807) is 67.6 Å². The molecule has 3 aromatic carbocycles. The van der Waals surface area contributed by atoms with Crippen molar-refractivity contribution in [3.63, 3.8) is 0 Å². The van der Waals surface area contributed by atoms with Crippen LogP contribution in [-0.2, 0) is 26.2 Å². The largest absolute Gasteiger partial charge is 0.497 e. The van der Waals surface area contributed by atoms with Crippen molar-refractivity contribution in [3.05, 3.63) is 88.4 Å². The van der Waals surface area contributed by atoms with Crippen LogP contribution in [0.25, 0.3) is 0 Å². The van der Waals surface area contributed by atoms with E-state index in [-0.39, 0.29) is 23.4 Å². The van der Waals surface area contributed by atoms with E-state index in [4.69, 9.17) is 27.9 Å². The first-order chi connectivity index (χ1) is 19.5. The van der Waals surface area contributed by atoms with Crippen molar-refractivity contribution in [2.24, 2.45) is 0 Å². The number of ether oxygens (including phenoxy) is 1. The van der Waals surface area contributed by atoms with Gasteiger partial charge in [0.1, 0.15) is 18.3 Å². The Labute approximate surface area is 252 Å². The van der Waals surface area contributed by atoms with Crippen molar-refractivity contribution < 1.29 is 22.7 Å². The van der Waals surface area contributed by atoms with Crippen LogP contribution in [0.15, 0.2) is 77.7 Å². The van der Waals surface area contributed by atoms with Crippen LogP contribution in [0.2, 0.25) is 10.0 Å². The van der Waals surface area contributed by atoms with Gasteiger partial charge in [-0.2, -0.15) is 0 Å². The lowest BCUT2D eigenvalue weighted by Crippen LogP contribution is -2.53. The summed E-state index contributed by atoms with van der Waals surface area (Å²) in [5, 5.41) is 3.71. The number of amides is 2. The SMILES string of the molecule is CC[C@@H](C)NC(=O)[C@H](CC)N(Cc1ccc(Cl)cc1Cl)C(=O)CN(c1ccccc1)S(=O)(=O)c1ccc(OC)cc1. The highest BCUT2D eigenvalue weighted by molar-refractivity contribution is 7.92. The predicted octanol–water partition coefficient (Wildman–Crippen LogP) is 5.92. The van der Waals surface area contributed by atoms with E-state index in [1.165, 1.54) is 24.1 Å². The van der Waals surface area contributed by atoms with Crippen LogP contribution in [0.4, 0.5) is 5.69 Å². The Morgan fingerprint density at radius 3 is 2.17 bits per heavy atom. The number of nitrogens with zero attached hydrogens (tertiary/aromatic N) is 2. The third-order valence-corrected chi connectivity index (χ3v) is 9.09. The molecular formula is C30H35Cl2N3O5S. The molecule has 0 fully saturated rings. The quantitative estimate of drug-likeness (QED) is 0.256. The maximum Gasteiger partial charge on any atom is 0.264 e. The number of anilines is 1. The van der Waals surface area contributed by atoms with E-state index in [0.717, 1.165) is 4.31 Å². The summed E-state index contributed by atoms with van der Waals surface area (Å²) < 4.78 is 34.0. The van der Waals surface area contributed by atoms with Gasteiger partial charge in [-0.25, -0.2) is 8.42 Å². The number of nitrogens with one attached hydrogen (secondary N) is 1. The Kier molecular flexibility index (Phi) is 11.5. The van der Waals surface area contributed by atoms with Crippen LogP contribution in [0, 0.1) is 0 Å². The van der Waals surface area contributed by atoms with Gasteiger partial charge in [0.2, 0.25) is 11.8 Å². The van der Waals surface area contributed by atoms with Gasteiger partial charge < -0.3 is 15.0 Å². The Bertz CT molecular complexity index is 1440. The molecule has 0 aliphatic carbocycles. The molecular weight excluding hydrogens is 585 g/mol. The first-order valence-electron chi connectivity index (χ1n) is 13.3. The number of benzene rings is 3. The summed E-state index contributed by atoms with van der Waals surface area (Å²) in [6.07, 6.45) is 1.01. The Morgan fingerprint density at radius 2 is 1.61 bits per heavy atom. The molecule has 0 aliphatic heterocycles. The van der Waals surface area contributed by atoms with Crippen molar-refractivity contribution in [1.29, 1.82) is 0 Å². The first-order valence-corrected chi connectivity index (χ1v) is 15.5. The van der Waals surface area contributed by atoms with Gasteiger partial charge in [0, 0.05) is 22.6 Å². The van der Waals surface area contributed by atoms with Crippen molar-refractivity contribution in [2.45, 2.75) is 57.1 Å². The highest BCUT2D eigenvalue weighted by Gasteiger charge is 2.34. The zero-order chi connectivity index (χ0) is 30.2. The minimum absolute atomic E-state index is 0.0104. The molecule has 3 rings (SSSR count). The van der Waals surface area contributed by atoms with E-state index in [0.29, 0.717) is 39.9 Å². The number of carbonyl (C=O) groups is 2. The molecule has 0 spiro atoms. The number of para-hydroxylation sites is 1. The fourth-order valence-corrected chi connectivity index (χ4v) is 6.07. The van der Waals surface area contributed by atoms with Gasteiger partial charge in [-0.1, -0.05) is 61.3 Å². The van der Waals surface area contributed by atoms with Crippen molar-refractivity contribution >= 4 is 50.7 Å². The van der Waals surface area contributed by atoms with Gasteiger partial charge in [-0.3, -0.25) is 13.9 Å². The third kappa shape index (κ3) is 8.15. The smallest absolute Gasteiger partial charge is 0.264 e. The van der Waals surface area contributed by atoms with Crippen LogP contribution in [0.5, 0.6) is 5.75 Å². The molecule has 0 saturated carbocycles. The zero-order valence-electron chi connectivity index (χ0n) is 23.5. The fourth-order valence-electron chi connectivity index (χ4n) is 4.19. The van der Waals surface area contributed by atoms with E-state index in [2.05, 4.69) is 5.32 Å². The van der Waals surface area contributed by atoms with Crippen LogP contribution in [-0.4, -0.2) is 50.9 Å². The molecule has 3 aromatic rings. The molecule has 41 heavy (non-hydrogen) atoms. The molecule has 2 atom stereocenters. The van der Waals surface area contributed by atoms with E-state index in [9.17, 15) is 18.0 Å². The molecule has 0 aromatic heterocycles. The van der Waals surface area contributed by atoms with E-state index in [1.807, 2.05) is 13.8 Å². The lowest BCUT2D eigenvalue weighted by molar-refractivity contribution is -0.140. The van der Waals surface area contributed by atoms with E-state index >= 15 is 0 Å². The Balaban J connectivity index is 2.06. The summed E-state index contributed by atoms with van der Waals surface area (Å²) >= 11 is 12.5. The highest BCUT2D eigenvalue weighted by atomic mass is 35.5. The predicted molar refractivity (Wildman–Crippen MR) is 163 cm³/mol. The van der Waals surface area contributed by atoms with Crippen LogP contribution in [0.3, 0.4) is 0 Å². The lowest BCUT2D eigenvalue weighted by atomic mass is 10.1. The maximum atomic E-state index is 14.1. The van der Waals surface area contributed by atoms with E-state index < -0.39 is 28.5 Å². The summed E-state index contributed by atoms with van der Waals surface area (Å²) in [5.74, 6) is -0.400. The van der Waals surface area contributed by atoms with Gasteiger partial charge in [-0.05, 0) is 73.9 Å². The van der Waals surface area contributed by atoms with Crippen LogP contribution < -0.4 is 14.4 Å². The van der Waals surface area contributed by atoms with Gasteiger partial charge in [0.15, 0.2) is 0 Å². The third-order valence-electron chi connectivity index (χ3n) is 6.71. The number of hydrogen-bond acceptors (Lipinski definition) is 5. The van der Waals surface area contributed by atoms with Gasteiger partial charge >= 0.3 is 0 Å². The molecule has 0 saturated heterocycles.